The highest BCUT2D eigenvalue weighted by Crippen LogP contribution is 2.29. The minimum Gasteiger partial charge on any atom is -0.489 e. The van der Waals surface area contributed by atoms with Gasteiger partial charge >= 0.3 is 0 Å². The van der Waals surface area contributed by atoms with Crippen LogP contribution < -0.4 is 15.4 Å². The van der Waals surface area contributed by atoms with E-state index in [-0.39, 0.29) is 6.10 Å². The fourth-order valence-electron chi connectivity index (χ4n) is 2.48. The first-order chi connectivity index (χ1) is 10.0. The summed E-state index contributed by atoms with van der Waals surface area (Å²) in [6.45, 7) is 8.68. The lowest BCUT2D eigenvalue weighted by Crippen LogP contribution is -2.43. The standard InChI is InChI=1S/C16H25ClN2O2/c1-11(2)21-16-5-4-13(9-15(16)17)19-12(3)8-14-10-20-7-6-18-14/h4-5,9,11-12,14,18-19H,6-8,10H2,1-3H3. The Labute approximate surface area is 132 Å². The van der Waals surface area contributed by atoms with Gasteiger partial charge in [-0.2, -0.15) is 0 Å². The molecule has 2 N–H and O–H groups in total. The fraction of sp³-hybridized carbons (Fsp3) is 0.625. The number of hydrogen-bond donors (Lipinski definition) is 2. The highest BCUT2D eigenvalue weighted by Gasteiger charge is 2.16. The van der Waals surface area contributed by atoms with Crippen LogP contribution in [0.15, 0.2) is 18.2 Å². The molecule has 0 aromatic heterocycles. The van der Waals surface area contributed by atoms with Crippen molar-refractivity contribution in [3.05, 3.63) is 23.2 Å². The summed E-state index contributed by atoms with van der Waals surface area (Å²) in [5.41, 5.74) is 1.01. The fourth-order valence-corrected chi connectivity index (χ4v) is 2.71. The Balaban J connectivity index is 1.88. The summed E-state index contributed by atoms with van der Waals surface area (Å²) < 4.78 is 11.1. The summed E-state index contributed by atoms with van der Waals surface area (Å²) in [4.78, 5) is 0. The summed E-state index contributed by atoms with van der Waals surface area (Å²) in [6.07, 6.45) is 1.14. The predicted molar refractivity (Wildman–Crippen MR) is 87.5 cm³/mol. The summed E-state index contributed by atoms with van der Waals surface area (Å²) in [7, 11) is 0. The van der Waals surface area contributed by atoms with Crippen LogP contribution in [0.3, 0.4) is 0 Å². The zero-order valence-electron chi connectivity index (χ0n) is 13.0. The van der Waals surface area contributed by atoms with Crippen LogP contribution in [0.5, 0.6) is 5.75 Å². The molecular formula is C16H25ClN2O2. The normalized spacial score (nSPS) is 20.3. The predicted octanol–water partition coefficient (Wildman–Crippen LogP) is 3.31. The number of nitrogens with one attached hydrogen (secondary N) is 2. The van der Waals surface area contributed by atoms with Gasteiger partial charge in [0.05, 0.1) is 24.3 Å². The smallest absolute Gasteiger partial charge is 0.138 e. The van der Waals surface area contributed by atoms with Crippen LogP contribution in [0.1, 0.15) is 27.2 Å². The lowest BCUT2D eigenvalue weighted by molar-refractivity contribution is 0.0731. The van der Waals surface area contributed by atoms with E-state index in [1.807, 2.05) is 32.0 Å². The molecule has 5 heteroatoms. The number of ether oxygens (including phenoxy) is 2. The van der Waals surface area contributed by atoms with Crippen molar-refractivity contribution in [1.29, 1.82) is 0 Å². The van der Waals surface area contributed by atoms with Crippen molar-refractivity contribution in [2.24, 2.45) is 0 Å². The highest BCUT2D eigenvalue weighted by molar-refractivity contribution is 6.32. The third-order valence-corrected chi connectivity index (χ3v) is 3.64. The Morgan fingerprint density at radius 2 is 2.24 bits per heavy atom. The number of rotatable bonds is 6. The van der Waals surface area contributed by atoms with E-state index < -0.39 is 0 Å². The van der Waals surface area contributed by atoms with Crippen LogP contribution in [0.4, 0.5) is 5.69 Å². The Morgan fingerprint density at radius 3 is 2.86 bits per heavy atom. The van der Waals surface area contributed by atoms with Crippen LogP contribution >= 0.6 is 11.6 Å². The van der Waals surface area contributed by atoms with Gasteiger partial charge in [0, 0.05) is 24.3 Å². The molecule has 2 atom stereocenters. The van der Waals surface area contributed by atoms with Crippen LogP contribution in [0, 0.1) is 0 Å². The minimum atomic E-state index is 0.123. The Morgan fingerprint density at radius 1 is 1.43 bits per heavy atom. The van der Waals surface area contributed by atoms with Crippen molar-refractivity contribution < 1.29 is 9.47 Å². The molecule has 0 radical (unpaired) electrons. The molecule has 2 rings (SSSR count). The highest BCUT2D eigenvalue weighted by atomic mass is 35.5. The molecular weight excluding hydrogens is 288 g/mol. The molecule has 1 heterocycles. The molecule has 1 aromatic carbocycles. The number of anilines is 1. The Hall–Kier alpha value is -0.970. The molecule has 2 unspecified atom stereocenters. The average molecular weight is 313 g/mol. The van der Waals surface area contributed by atoms with E-state index in [1.165, 1.54) is 0 Å². The van der Waals surface area contributed by atoms with Crippen LogP contribution in [0.25, 0.3) is 0 Å². The molecule has 1 saturated heterocycles. The molecule has 1 aromatic rings. The van der Waals surface area contributed by atoms with E-state index in [1.54, 1.807) is 0 Å². The maximum atomic E-state index is 6.25. The van der Waals surface area contributed by atoms with Crippen molar-refractivity contribution >= 4 is 17.3 Å². The molecule has 0 saturated carbocycles. The lowest BCUT2D eigenvalue weighted by atomic mass is 10.1. The maximum Gasteiger partial charge on any atom is 0.138 e. The van der Waals surface area contributed by atoms with E-state index in [0.29, 0.717) is 17.1 Å². The summed E-state index contributed by atoms with van der Waals surface area (Å²) in [6, 6.07) is 6.60. The topological polar surface area (TPSA) is 42.5 Å². The van der Waals surface area contributed by atoms with Gasteiger partial charge in [-0.3, -0.25) is 0 Å². The number of benzene rings is 1. The molecule has 118 valence electrons. The van der Waals surface area contributed by atoms with Gasteiger partial charge in [-0.15, -0.1) is 0 Å². The summed E-state index contributed by atoms with van der Waals surface area (Å²) >= 11 is 6.25. The first-order valence-electron chi connectivity index (χ1n) is 7.58. The zero-order valence-corrected chi connectivity index (χ0v) is 13.7. The molecule has 0 spiro atoms. The van der Waals surface area contributed by atoms with Crippen molar-refractivity contribution in [2.45, 2.75) is 45.4 Å². The molecule has 1 fully saturated rings. The molecule has 1 aliphatic heterocycles. The van der Waals surface area contributed by atoms with Crippen molar-refractivity contribution in [3.63, 3.8) is 0 Å². The second kappa shape index (κ2) is 7.87. The van der Waals surface area contributed by atoms with E-state index in [4.69, 9.17) is 21.1 Å². The van der Waals surface area contributed by atoms with E-state index in [9.17, 15) is 0 Å². The minimum absolute atomic E-state index is 0.123. The molecule has 0 bridgehead atoms. The monoisotopic (exact) mass is 312 g/mol. The molecule has 1 aliphatic rings. The second-order valence-corrected chi connectivity index (χ2v) is 6.23. The second-order valence-electron chi connectivity index (χ2n) is 5.82. The number of halogens is 1. The van der Waals surface area contributed by atoms with Gasteiger partial charge in [-0.25, -0.2) is 0 Å². The van der Waals surface area contributed by atoms with Gasteiger partial charge in [-0.05, 0) is 45.4 Å². The van der Waals surface area contributed by atoms with Crippen LogP contribution in [0.2, 0.25) is 5.02 Å². The van der Waals surface area contributed by atoms with Gasteiger partial charge in [-0.1, -0.05) is 11.6 Å². The lowest BCUT2D eigenvalue weighted by Gasteiger charge is -2.27. The van der Waals surface area contributed by atoms with E-state index in [0.717, 1.165) is 37.6 Å². The number of hydrogen-bond acceptors (Lipinski definition) is 4. The first-order valence-corrected chi connectivity index (χ1v) is 7.96. The third-order valence-electron chi connectivity index (χ3n) is 3.34. The van der Waals surface area contributed by atoms with Crippen molar-refractivity contribution in [1.82, 2.24) is 5.32 Å². The van der Waals surface area contributed by atoms with Crippen LogP contribution in [-0.4, -0.2) is 37.9 Å². The quantitative estimate of drug-likeness (QED) is 0.846. The Kier molecular flexibility index (Phi) is 6.15. The SMILES string of the molecule is CC(CC1COCCN1)Nc1ccc(OC(C)C)c(Cl)c1. The largest absolute Gasteiger partial charge is 0.489 e. The zero-order chi connectivity index (χ0) is 15.2. The molecule has 0 aliphatic carbocycles. The third kappa shape index (κ3) is 5.38. The van der Waals surface area contributed by atoms with Crippen molar-refractivity contribution in [3.8, 4) is 5.75 Å². The van der Waals surface area contributed by atoms with Gasteiger partial charge in [0.1, 0.15) is 5.75 Å². The van der Waals surface area contributed by atoms with Gasteiger partial charge < -0.3 is 20.1 Å². The van der Waals surface area contributed by atoms with Gasteiger partial charge in [0.15, 0.2) is 0 Å². The first kappa shape index (κ1) is 16.4. The van der Waals surface area contributed by atoms with Crippen LogP contribution in [-0.2, 0) is 4.74 Å². The van der Waals surface area contributed by atoms with Gasteiger partial charge in [0.2, 0.25) is 0 Å². The van der Waals surface area contributed by atoms with Crippen molar-refractivity contribution in [2.75, 3.05) is 25.1 Å². The summed E-state index contributed by atoms with van der Waals surface area (Å²) in [5, 5.41) is 7.58. The van der Waals surface area contributed by atoms with E-state index in [2.05, 4.69) is 17.6 Å². The van der Waals surface area contributed by atoms with E-state index >= 15 is 0 Å². The molecule has 21 heavy (non-hydrogen) atoms. The Bertz CT molecular complexity index is 448. The molecule has 4 nitrogen and oxygen atoms in total. The molecule has 0 amide bonds. The number of morpholine rings is 1. The van der Waals surface area contributed by atoms with Gasteiger partial charge in [0.25, 0.3) is 0 Å². The summed E-state index contributed by atoms with van der Waals surface area (Å²) in [5.74, 6) is 0.729. The maximum absolute atomic E-state index is 6.25. The average Bonchev–Trinajstić information content (AvgIpc) is 2.42.